The quantitative estimate of drug-likeness (QED) is 0.439. The van der Waals surface area contributed by atoms with Crippen molar-refractivity contribution in [3.8, 4) is 0 Å². The lowest BCUT2D eigenvalue weighted by Gasteiger charge is -1.90. The minimum Gasteiger partial charge on any atom is -0.396 e. The molecule has 82 valence electrons. The second kappa shape index (κ2) is 12.4. The average Bonchev–Trinajstić information content (AvgIpc) is 2.21. The third kappa shape index (κ3) is 11.4. The molecule has 0 spiro atoms. The van der Waals surface area contributed by atoms with Crippen LogP contribution >= 0.6 is 0 Å². The number of unbranched alkanes of at least 4 members (excludes halogenated alkanes) is 4. The lowest BCUT2D eigenvalue weighted by molar-refractivity contribution is 0.289. The Morgan fingerprint density at radius 1 is 0.786 bits per heavy atom. The molecule has 0 aromatic rings. The fourth-order valence-electron chi connectivity index (χ4n) is 1.19. The summed E-state index contributed by atoms with van der Waals surface area (Å²) in [5.41, 5.74) is 0. The molecule has 0 aliphatic carbocycles. The van der Waals surface area contributed by atoms with E-state index in [9.17, 15) is 0 Å². The second-order valence-corrected chi connectivity index (χ2v) is 3.53. The Morgan fingerprint density at radius 2 is 1.29 bits per heavy atom. The highest BCUT2D eigenvalue weighted by atomic mass is 16.2. The van der Waals surface area contributed by atoms with Gasteiger partial charge in [0.05, 0.1) is 0 Å². The van der Waals surface area contributed by atoms with Gasteiger partial charge in [0, 0.05) is 6.61 Å². The van der Waals surface area contributed by atoms with Crippen molar-refractivity contribution in [3.63, 3.8) is 0 Å². The van der Waals surface area contributed by atoms with E-state index < -0.39 is 0 Å². The third-order valence-corrected chi connectivity index (χ3v) is 2.09. The molecule has 0 heterocycles. The Balaban J connectivity index is 3.11. The van der Waals surface area contributed by atoms with E-state index >= 15 is 0 Å². The predicted octanol–water partition coefficient (Wildman–Crippen LogP) is 3.84. The normalized spacial score (nSPS) is 11.9. The number of allylic oxidation sites excluding steroid dienone is 4. The monoisotopic (exact) mass is 196 g/mol. The third-order valence-electron chi connectivity index (χ3n) is 2.09. The van der Waals surface area contributed by atoms with Gasteiger partial charge in [-0.2, -0.15) is 0 Å². The summed E-state index contributed by atoms with van der Waals surface area (Å²) in [7, 11) is 0. The molecule has 14 heavy (non-hydrogen) atoms. The molecule has 1 N–H and O–H groups in total. The van der Waals surface area contributed by atoms with E-state index in [1.807, 2.05) is 0 Å². The number of hydrogen-bond acceptors (Lipinski definition) is 1. The van der Waals surface area contributed by atoms with E-state index in [4.69, 9.17) is 5.11 Å². The Labute approximate surface area is 88.5 Å². The first-order chi connectivity index (χ1) is 6.91. The molecule has 0 rings (SSSR count). The van der Waals surface area contributed by atoms with Gasteiger partial charge < -0.3 is 5.11 Å². The van der Waals surface area contributed by atoms with Crippen LogP contribution in [0.1, 0.15) is 51.9 Å². The van der Waals surface area contributed by atoms with Crippen LogP contribution in [0.15, 0.2) is 24.3 Å². The van der Waals surface area contributed by atoms with Gasteiger partial charge in [-0.1, -0.05) is 44.1 Å². The van der Waals surface area contributed by atoms with Crippen LogP contribution in [0.3, 0.4) is 0 Å². The summed E-state index contributed by atoms with van der Waals surface area (Å²) >= 11 is 0. The summed E-state index contributed by atoms with van der Waals surface area (Å²) < 4.78 is 0. The molecule has 0 aromatic heterocycles. The van der Waals surface area contributed by atoms with Crippen LogP contribution in [-0.2, 0) is 0 Å². The number of aliphatic hydroxyl groups excluding tert-OH is 1. The van der Waals surface area contributed by atoms with Gasteiger partial charge in [0.15, 0.2) is 0 Å². The lowest BCUT2D eigenvalue weighted by atomic mass is 10.2. The van der Waals surface area contributed by atoms with Crippen molar-refractivity contribution in [3.05, 3.63) is 24.3 Å². The van der Waals surface area contributed by atoms with E-state index in [1.54, 1.807) is 0 Å². The average molecular weight is 196 g/mol. The Morgan fingerprint density at radius 3 is 1.79 bits per heavy atom. The van der Waals surface area contributed by atoms with E-state index in [2.05, 4.69) is 31.2 Å². The van der Waals surface area contributed by atoms with Crippen molar-refractivity contribution < 1.29 is 5.11 Å². The fraction of sp³-hybridized carbons (Fsp3) is 0.692. The number of hydrogen-bond donors (Lipinski definition) is 1. The molecular formula is C13H24O. The highest BCUT2D eigenvalue weighted by Gasteiger charge is 1.80. The minimum atomic E-state index is 0.307. The zero-order valence-electron chi connectivity index (χ0n) is 9.41. The van der Waals surface area contributed by atoms with E-state index in [1.165, 1.54) is 19.3 Å². The zero-order valence-corrected chi connectivity index (χ0v) is 9.41. The Bertz CT molecular complexity index is 129. The molecule has 0 bridgehead atoms. The van der Waals surface area contributed by atoms with Crippen LogP contribution in [-0.4, -0.2) is 11.7 Å². The van der Waals surface area contributed by atoms with Gasteiger partial charge in [-0.15, -0.1) is 0 Å². The van der Waals surface area contributed by atoms with Gasteiger partial charge in [0.1, 0.15) is 0 Å². The van der Waals surface area contributed by atoms with Crippen molar-refractivity contribution in [2.75, 3.05) is 6.61 Å². The molecule has 0 aromatic carbocycles. The predicted molar refractivity (Wildman–Crippen MR) is 63.4 cm³/mol. The first-order valence-electron chi connectivity index (χ1n) is 5.82. The second-order valence-electron chi connectivity index (χ2n) is 3.53. The maximum absolute atomic E-state index is 8.54. The smallest absolute Gasteiger partial charge is 0.0433 e. The van der Waals surface area contributed by atoms with E-state index in [-0.39, 0.29) is 0 Å². The molecule has 1 heteroatoms. The van der Waals surface area contributed by atoms with Crippen LogP contribution in [0.2, 0.25) is 0 Å². The topological polar surface area (TPSA) is 20.2 Å². The summed E-state index contributed by atoms with van der Waals surface area (Å²) in [4.78, 5) is 0. The van der Waals surface area contributed by atoms with Crippen LogP contribution in [0.25, 0.3) is 0 Å². The Hall–Kier alpha value is -0.560. The minimum absolute atomic E-state index is 0.307. The van der Waals surface area contributed by atoms with E-state index in [0.29, 0.717) is 6.61 Å². The molecule has 1 nitrogen and oxygen atoms in total. The van der Waals surface area contributed by atoms with Crippen LogP contribution < -0.4 is 0 Å². The summed E-state index contributed by atoms with van der Waals surface area (Å²) in [5.74, 6) is 0. The molecule has 0 unspecified atom stereocenters. The van der Waals surface area contributed by atoms with Gasteiger partial charge in [0.25, 0.3) is 0 Å². The Kier molecular flexibility index (Phi) is 11.9. The van der Waals surface area contributed by atoms with Crippen LogP contribution in [0.5, 0.6) is 0 Å². The lowest BCUT2D eigenvalue weighted by Crippen LogP contribution is -1.78. The highest BCUT2D eigenvalue weighted by Crippen LogP contribution is 1.99. The highest BCUT2D eigenvalue weighted by molar-refractivity contribution is 4.87. The largest absolute Gasteiger partial charge is 0.396 e. The molecule has 0 amide bonds. The summed E-state index contributed by atoms with van der Waals surface area (Å²) in [6.07, 6.45) is 16.9. The van der Waals surface area contributed by atoms with Gasteiger partial charge in [0.2, 0.25) is 0 Å². The maximum Gasteiger partial charge on any atom is 0.0433 e. The van der Waals surface area contributed by atoms with Gasteiger partial charge in [-0.3, -0.25) is 0 Å². The van der Waals surface area contributed by atoms with Crippen molar-refractivity contribution in [1.82, 2.24) is 0 Å². The number of aliphatic hydroxyl groups is 1. The first-order valence-corrected chi connectivity index (χ1v) is 5.82. The van der Waals surface area contributed by atoms with Gasteiger partial charge in [-0.05, 0) is 32.1 Å². The van der Waals surface area contributed by atoms with Crippen molar-refractivity contribution >= 4 is 0 Å². The van der Waals surface area contributed by atoms with Gasteiger partial charge in [-0.25, -0.2) is 0 Å². The van der Waals surface area contributed by atoms with E-state index in [0.717, 1.165) is 25.7 Å². The van der Waals surface area contributed by atoms with Crippen molar-refractivity contribution in [2.45, 2.75) is 51.9 Å². The maximum atomic E-state index is 8.54. The number of rotatable bonds is 9. The van der Waals surface area contributed by atoms with Crippen LogP contribution in [0, 0.1) is 0 Å². The van der Waals surface area contributed by atoms with Gasteiger partial charge >= 0.3 is 0 Å². The zero-order chi connectivity index (χ0) is 10.5. The molecule has 0 saturated heterocycles. The molecule has 0 aliphatic heterocycles. The van der Waals surface area contributed by atoms with Crippen LogP contribution in [0.4, 0.5) is 0 Å². The summed E-state index contributed by atoms with van der Waals surface area (Å²) in [6.45, 7) is 2.53. The van der Waals surface area contributed by atoms with Crippen molar-refractivity contribution in [2.24, 2.45) is 0 Å². The molecule has 0 saturated carbocycles. The summed E-state index contributed by atoms with van der Waals surface area (Å²) in [5, 5.41) is 8.54. The molecule has 0 atom stereocenters. The molecule has 0 aliphatic rings. The standard InChI is InChI=1S/C13H24O/c1-2-3-4-5-6-7-8-9-10-11-12-13-14/h5-6,9-10,14H,2-4,7-8,11-13H2,1H3/b6-5+,10-9-. The molecule has 0 radical (unpaired) electrons. The summed E-state index contributed by atoms with van der Waals surface area (Å²) in [6, 6.07) is 0. The SMILES string of the molecule is CCCC/C=C/CC/C=C\CCCO. The molecule has 0 fully saturated rings. The molecular weight excluding hydrogens is 172 g/mol. The first kappa shape index (κ1) is 13.4. The fourth-order valence-corrected chi connectivity index (χ4v) is 1.19. The van der Waals surface area contributed by atoms with Crippen molar-refractivity contribution in [1.29, 1.82) is 0 Å².